The van der Waals surface area contributed by atoms with Crippen LogP contribution in [-0.2, 0) is 9.53 Å². The Hall–Kier alpha value is -2.66. The van der Waals surface area contributed by atoms with Gasteiger partial charge in [0.15, 0.2) is 5.78 Å². The van der Waals surface area contributed by atoms with Crippen LogP contribution in [0.1, 0.15) is 16.1 Å². The largest absolute Gasteiger partial charge is 0.465 e. The van der Waals surface area contributed by atoms with Gasteiger partial charge in [-0.15, -0.1) is 0 Å². The van der Waals surface area contributed by atoms with Crippen molar-refractivity contribution in [3.05, 3.63) is 65.6 Å². The van der Waals surface area contributed by atoms with Crippen LogP contribution in [0.5, 0.6) is 0 Å². The summed E-state index contributed by atoms with van der Waals surface area (Å²) in [4.78, 5) is 27.2. The number of amides is 1. The number of rotatable bonds is 4. The van der Waals surface area contributed by atoms with Crippen molar-refractivity contribution in [3.8, 4) is 0 Å². The number of carbonyl (C=O) groups excluding carboxylic acids is 2. The molecule has 0 N–H and O–H groups in total. The van der Waals surface area contributed by atoms with Crippen molar-refractivity contribution in [3.63, 3.8) is 0 Å². The predicted octanol–water partition coefficient (Wildman–Crippen LogP) is 2.40. The molecule has 3 rings (SSSR count). The van der Waals surface area contributed by atoms with E-state index >= 15 is 0 Å². The molecule has 1 amide bonds. The van der Waals surface area contributed by atoms with Crippen LogP contribution in [0.25, 0.3) is 6.08 Å². The molecule has 0 radical (unpaired) electrons. The van der Waals surface area contributed by atoms with E-state index in [9.17, 15) is 9.59 Å². The third kappa shape index (κ3) is 3.57. The predicted molar refractivity (Wildman–Crippen MR) is 84.9 cm³/mol. The molecule has 1 aliphatic heterocycles. The summed E-state index contributed by atoms with van der Waals surface area (Å²) in [5, 5.41) is 0. The van der Waals surface area contributed by atoms with Gasteiger partial charge in [-0.1, -0.05) is 30.3 Å². The highest BCUT2D eigenvalue weighted by atomic mass is 16.5. The number of nitrogens with zero attached hydrogens (tertiary/aromatic N) is 1. The molecule has 5 nitrogen and oxygen atoms in total. The number of Topliss-reactive ketones (excluding diaryl/α,β-unsaturated/α-hetero) is 1. The van der Waals surface area contributed by atoms with Crippen molar-refractivity contribution in [2.45, 2.75) is 0 Å². The first-order chi connectivity index (χ1) is 11.3. The van der Waals surface area contributed by atoms with E-state index in [-0.39, 0.29) is 17.3 Å². The molecule has 0 atom stereocenters. The molecule has 0 spiro atoms. The summed E-state index contributed by atoms with van der Waals surface area (Å²) in [5.41, 5.74) is 0.583. The smallest absolute Gasteiger partial charge is 0.258 e. The first-order valence-electron chi connectivity index (χ1n) is 7.47. The summed E-state index contributed by atoms with van der Waals surface area (Å²) >= 11 is 0. The molecule has 0 saturated carbocycles. The van der Waals surface area contributed by atoms with Gasteiger partial charge in [-0.2, -0.15) is 0 Å². The van der Waals surface area contributed by atoms with Crippen LogP contribution in [0, 0.1) is 0 Å². The highest BCUT2D eigenvalue weighted by Crippen LogP contribution is 2.17. The minimum Gasteiger partial charge on any atom is -0.465 e. The lowest BCUT2D eigenvalue weighted by Crippen LogP contribution is -2.42. The number of ketones is 1. The molecule has 1 aromatic heterocycles. The van der Waals surface area contributed by atoms with Crippen LogP contribution in [0.3, 0.4) is 0 Å². The van der Waals surface area contributed by atoms with Gasteiger partial charge in [0, 0.05) is 18.7 Å². The fraction of sp³-hybridized carbons (Fsp3) is 0.222. The Labute approximate surface area is 134 Å². The van der Waals surface area contributed by atoms with Gasteiger partial charge >= 0.3 is 0 Å². The summed E-state index contributed by atoms with van der Waals surface area (Å²) in [7, 11) is 0. The van der Waals surface area contributed by atoms with Crippen LogP contribution < -0.4 is 0 Å². The monoisotopic (exact) mass is 311 g/mol. The van der Waals surface area contributed by atoms with E-state index in [1.54, 1.807) is 41.3 Å². The number of carbonyl (C=O) groups is 2. The Morgan fingerprint density at radius 2 is 1.74 bits per heavy atom. The van der Waals surface area contributed by atoms with E-state index in [1.807, 2.05) is 6.07 Å². The summed E-state index contributed by atoms with van der Waals surface area (Å²) < 4.78 is 10.5. The Morgan fingerprint density at radius 3 is 2.39 bits per heavy atom. The molecule has 1 aromatic carbocycles. The highest BCUT2D eigenvalue weighted by molar-refractivity contribution is 6.28. The molecule has 1 saturated heterocycles. The van der Waals surface area contributed by atoms with E-state index in [4.69, 9.17) is 9.15 Å². The van der Waals surface area contributed by atoms with Gasteiger partial charge in [-0.3, -0.25) is 9.59 Å². The standard InChI is InChI=1S/C18H17NO4/c20-17(14-5-2-1-3-6-14)16(13-15-7-4-10-23-15)18(21)19-8-11-22-12-9-19/h1-7,10,13H,8-9,11-12H2/b16-13-. The first-order valence-corrected chi connectivity index (χ1v) is 7.47. The lowest BCUT2D eigenvalue weighted by Gasteiger charge is -2.27. The zero-order valence-corrected chi connectivity index (χ0v) is 12.6. The fourth-order valence-corrected chi connectivity index (χ4v) is 2.42. The molecule has 2 heterocycles. The second-order valence-corrected chi connectivity index (χ2v) is 5.17. The molecule has 118 valence electrons. The summed E-state index contributed by atoms with van der Waals surface area (Å²) in [5.74, 6) is -0.122. The molecule has 23 heavy (non-hydrogen) atoms. The molecule has 0 bridgehead atoms. The molecular formula is C18H17NO4. The van der Waals surface area contributed by atoms with E-state index in [1.165, 1.54) is 12.3 Å². The Balaban J connectivity index is 1.93. The molecular weight excluding hydrogens is 294 g/mol. The van der Waals surface area contributed by atoms with E-state index < -0.39 is 0 Å². The Morgan fingerprint density at radius 1 is 1.00 bits per heavy atom. The van der Waals surface area contributed by atoms with E-state index in [2.05, 4.69) is 0 Å². The van der Waals surface area contributed by atoms with Crippen molar-refractivity contribution < 1.29 is 18.7 Å². The topological polar surface area (TPSA) is 59.8 Å². The number of hydrogen-bond donors (Lipinski definition) is 0. The lowest BCUT2D eigenvalue weighted by molar-refractivity contribution is -0.130. The Kier molecular flexibility index (Phi) is 4.68. The average Bonchev–Trinajstić information content (AvgIpc) is 3.13. The summed E-state index contributed by atoms with van der Waals surface area (Å²) in [6, 6.07) is 12.2. The molecule has 2 aromatic rings. The zero-order chi connectivity index (χ0) is 16.1. The zero-order valence-electron chi connectivity index (χ0n) is 12.6. The Bertz CT molecular complexity index is 698. The van der Waals surface area contributed by atoms with Crippen molar-refractivity contribution >= 4 is 17.8 Å². The van der Waals surface area contributed by atoms with Gasteiger partial charge in [0.1, 0.15) is 5.76 Å². The van der Waals surface area contributed by atoms with E-state index in [0.29, 0.717) is 37.6 Å². The van der Waals surface area contributed by atoms with Crippen molar-refractivity contribution in [1.82, 2.24) is 4.90 Å². The SMILES string of the molecule is O=C(/C(=C/c1ccco1)C(=O)N1CCOCC1)c1ccccc1. The van der Waals surface area contributed by atoms with Crippen LogP contribution in [0.2, 0.25) is 0 Å². The first kappa shape index (κ1) is 15.2. The quantitative estimate of drug-likeness (QED) is 0.376. The minimum atomic E-state index is -0.307. The van der Waals surface area contributed by atoms with Crippen molar-refractivity contribution in [2.75, 3.05) is 26.3 Å². The van der Waals surface area contributed by atoms with E-state index in [0.717, 1.165) is 0 Å². The number of hydrogen-bond acceptors (Lipinski definition) is 4. The maximum Gasteiger partial charge on any atom is 0.258 e. The van der Waals surface area contributed by atoms with Crippen molar-refractivity contribution in [1.29, 1.82) is 0 Å². The van der Waals surface area contributed by atoms with Crippen LogP contribution >= 0.6 is 0 Å². The highest BCUT2D eigenvalue weighted by Gasteiger charge is 2.26. The minimum absolute atomic E-state index is 0.105. The number of morpholine rings is 1. The molecule has 1 fully saturated rings. The summed E-state index contributed by atoms with van der Waals surface area (Å²) in [6.07, 6.45) is 3.02. The van der Waals surface area contributed by atoms with Crippen LogP contribution in [0.15, 0.2) is 58.7 Å². The second kappa shape index (κ2) is 7.07. The lowest BCUT2D eigenvalue weighted by atomic mass is 10.0. The van der Waals surface area contributed by atoms with Gasteiger partial charge in [-0.25, -0.2) is 0 Å². The van der Waals surface area contributed by atoms with Gasteiger partial charge in [0.2, 0.25) is 0 Å². The average molecular weight is 311 g/mol. The third-order valence-corrected chi connectivity index (χ3v) is 3.64. The number of ether oxygens (including phenoxy) is 1. The molecule has 0 unspecified atom stereocenters. The van der Waals surface area contributed by atoms with Gasteiger partial charge < -0.3 is 14.1 Å². The van der Waals surface area contributed by atoms with Crippen LogP contribution in [-0.4, -0.2) is 42.9 Å². The summed E-state index contributed by atoms with van der Waals surface area (Å²) in [6.45, 7) is 1.94. The maximum absolute atomic E-state index is 12.8. The van der Waals surface area contributed by atoms with Gasteiger partial charge in [0.25, 0.3) is 5.91 Å². The van der Waals surface area contributed by atoms with Gasteiger partial charge in [0.05, 0.1) is 25.1 Å². The number of benzene rings is 1. The van der Waals surface area contributed by atoms with Gasteiger partial charge in [-0.05, 0) is 18.2 Å². The molecule has 5 heteroatoms. The maximum atomic E-state index is 12.8. The van der Waals surface area contributed by atoms with Crippen LogP contribution in [0.4, 0.5) is 0 Å². The second-order valence-electron chi connectivity index (χ2n) is 5.17. The molecule has 1 aliphatic rings. The fourth-order valence-electron chi connectivity index (χ4n) is 2.42. The van der Waals surface area contributed by atoms with Crippen molar-refractivity contribution in [2.24, 2.45) is 0 Å². The third-order valence-electron chi connectivity index (χ3n) is 3.64. The number of furan rings is 1. The normalized spacial score (nSPS) is 15.5. The molecule has 0 aliphatic carbocycles.